The minimum atomic E-state index is -0.289. The van der Waals surface area contributed by atoms with E-state index in [4.69, 9.17) is 5.11 Å². The van der Waals surface area contributed by atoms with E-state index in [1.807, 2.05) is 6.07 Å². The molecular formula is C11H10BrFN2O. The summed E-state index contributed by atoms with van der Waals surface area (Å²) in [5.74, 6) is 0.277. The van der Waals surface area contributed by atoms with Crippen molar-refractivity contribution in [1.29, 1.82) is 0 Å². The lowest BCUT2D eigenvalue weighted by atomic mass is 10.2. The maximum Gasteiger partial charge on any atom is 0.137 e. The van der Waals surface area contributed by atoms with Gasteiger partial charge in [-0.2, -0.15) is 0 Å². The van der Waals surface area contributed by atoms with Gasteiger partial charge in [0.1, 0.15) is 18.2 Å². The van der Waals surface area contributed by atoms with E-state index in [1.165, 1.54) is 6.07 Å². The zero-order chi connectivity index (χ0) is 11.5. The minimum absolute atomic E-state index is 0.125. The molecule has 1 heterocycles. The average Bonchev–Trinajstić information content (AvgIpc) is 2.72. The second-order valence-electron chi connectivity index (χ2n) is 3.34. The summed E-state index contributed by atoms with van der Waals surface area (Å²) in [6.45, 7) is 0.355. The molecule has 2 aromatic rings. The Morgan fingerprint density at radius 1 is 1.44 bits per heavy atom. The van der Waals surface area contributed by atoms with E-state index < -0.39 is 0 Å². The smallest absolute Gasteiger partial charge is 0.137 e. The molecule has 1 N–H and O–H groups in total. The summed E-state index contributed by atoms with van der Waals surface area (Å²) in [5.41, 5.74) is 0.813. The summed E-state index contributed by atoms with van der Waals surface area (Å²) >= 11 is 3.20. The average molecular weight is 285 g/mol. The van der Waals surface area contributed by atoms with Gasteiger partial charge in [0.2, 0.25) is 0 Å². The quantitative estimate of drug-likeness (QED) is 0.940. The van der Waals surface area contributed by atoms with Crippen molar-refractivity contribution in [3.05, 3.63) is 52.3 Å². The van der Waals surface area contributed by atoms with Gasteiger partial charge in [0.25, 0.3) is 0 Å². The van der Waals surface area contributed by atoms with Crippen LogP contribution in [0.25, 0.3) is 0 Å². The summed E-state index contributed by atoms with van der Waals surface area (Å²) in [4.78, 5) is 3.99. The van der Waals surface area contributed by atoms with Crippen LogP contribution >= 0.6 is 15.9 Å². The third-order valence-electron chi connectivity index (χ3n) is 2.32. The molecule has 2 rings (SSSR count). The molecule has 5 heteroatoms. The molecule has 0 aliphatic carbocycles. The van der Waals surface area contributed by atoms with Crippen molar-refractivity contribution in [2.75, 3.05) is 0 Å². The molecule has 84 valence electrons. The first kappa shape index (κ1) is 11.3. The van der Waals surface area contributed by atoms with E-state index in [9.17, 15) is 4.39 Å². The third kappa shape index (κ3) is 2.15. The summed E-state index contributed by atoms with van der Waals surface area (Å²) in [7, 11) is 0. The number of aliphatic hydroxyl groups is 1. The Hall–Kier alpha value is -1.20. The molecule has 16 heavy (non-hydrogen) atoms. The van der Waals surface area contributed by atoms with E-state index in [2.05, 4.69) is 20.9 Å². The van der Waals surface area contributed by atoms with Crippen LogP contribution in [-0.2, 0) is 13.2 Å². The van der Waals surface area contributed by atoms with Gasteiger partial charge in [-0.15, -0.1) is 0 Å². The van der Waals surface area contributed by atoms with Crippen LogP contribution in [0.3, 0.4) is 0 Å². The van der Waals surface area contributed by atoms with Crippen LogP contribution in [0.5, 0.6) is 0 Å². The van der Waals surface area contributed by atoms with Gasteiger partial charge in [0, 0.05) is 12.4 Å². The summed E-state index contributed by atoms with van der Waals surface area (Å²) < 4.78 is 15.5. The zero-order valence-corrected chi connectivity index (χ0v) is 9.98. The Balaban J connectivity index is 2.30. The van der Waals surface area contributed by atoms with Gasteiger partial charge < -0.3 is 9.67 Å². The SMILES string of the molecule is OCc1nccn1Cc1cccc(F)c1Br. The molecule has 0 aliphatic heterocycles. The maximum atomic E-state index is 13.3. The lowest BCUT2D eigenvalue weighted by molar-refractivity contribution is 0.266. The number of hydrogen-bond acceptors (Lipinski definition) is 2. The Morgan fingerprint density at radius 2 is 2.25 bits per heavy atom. The molecule has 1 aromatic carbocycles. The van der Waals surface area contributed by atoms with Crippen molar-refractivity contribution in [2.45, 2.75) is 13.2 Å². The predicted octanol–water partition coefficient (Wildman–Crippen LogP) is 2.33. The molecule has 0 aliphatic rings. The molecule has 0 saturated carbocycles. The second-order valence-corrected chi connectivity index (χ2v) is 4.14. The van der Waals surface area contributed by atoms with E-state index in [-0.39, 0.29) is 12.4 Å². The molecule has 0 amide bonds. The van der Waals surface area contributed by atoms with Crippen LogP contribution < -0.4 is 0 Å². The van der Waals surface area contributed by atoms with Gasteiger partial charge in [-0.3, -0.25) is 0 Å². The molecule has 0 fully saturated rings. The minimum Gasteiger partial charge on any atom is -0.388 e. The number of hydrogen-bond donors (Lipinski definition) is 1. The van der Waals surface area contributed by atoms with Crippen LogP contribution in [0.4, 0.5) is 4.39 Å². The molecule has 1 aromatic heterocycles. The Bertz CT molecular complexity index is 498. The van der Waals surface area contributed by atoms with Gasteiger partial charge in [-0.05, 0) is 27.6 Å². The fourth-order valence-corrected chi connectivity index (χ4v) is 1.88. The first-order valence-electron chi connectivity index (χ1n) is 4.76. The molecule has 0 saturated heterocycles. The highest BCUT2D eigenvalue weighted by molar-refractivity contribution is 9.10. The highest BCUT2D eigenvalue weighted by Crippen LogP contribution is 2.21. The van der Waals surface area contributed by atoms with E-state index in [0.29, 0.717) is 16.8 Å². The first-order chi connectivity index (χ1) is 7.72. The lowest BCUT2D eigenvalue weighted by Gasteiger charge is -2.08. The highest BCUT2D eigenvalue weighted by Gasteiger charge is 2.07. The molecule has 0 bridgehead atoms. The van der Waals surface area contributed by atoms with Crippen molar-refractivity contribution in [3.63, 3.8) is 0 Å². The van der Waals surface area contributed by atoms with Crippen LogP contribution in [0.1, 0.15) is 11.4 Å². The summed E-state index contributed by atoms with van der Waals surface area (Å²) in [6, 6.07) is 4.88. The molecule has 0 atom stereocenters. The number of halogens is 2. The monoisotopic (exact) mass is 284 g/mol. The molecule has 3 nitrogen and oxygen atoms in total. The lowest BCUT2D eigenvalue weighted by Crippen LogP contribution is -2.05. The van der Waals surface area contributed by atoms with E-state index >= 15 is 0 Å². The largest absolute Gasteiger partial charge is 0.388 e. The number of nitrogens with zero attached hydrogens (tertiary/aromatic N) is 2. The zero-order valence-electron chi connectivity index (χ0n) is 8.40. The molecule has 0 radical (unpaired) electrons. The van der Waals surface area contributed by atoms with E-state index in [1.54, 1.807) is 23.0 Å². The second kappa shape index (κ2) is 4.76. The number of benzene rings is 1. The van der Waals surface area contributed by atoms with E-state index in [0.717, 1.165) is 5.56 Å². The number of imidazole rings is 1. The highest BCUT2D eigenvalue weighted by atomic mass is 79.9. The van der Waals surface area contributed by atoms with Gasteiger partial charge in [0.05, 0.1) is 11.0 Å². The normalized spacial score (nSPS) is 10.7. The van der Waals surface area contributed by atoms with Gasteiger partial charge in [0.15, 0.2) is 0 Å². The van der Waals surface area contributed by atoms with Crippen molar-refractivity contribution in [3.8, 4) is 0 Å². The topological polar surface area (TPSA) is 38.1 Å². The Kier molecular flexibility index (Phi) is 3.36. The standard InChI is InChI=1S/C11H10BrFN2O/c12-11-8(2-1-3-9(11)13)6-15-5-4-14-10(15)7-16/h1-5,16H,6-7H2. The van der Waals surface area contributed by atoms with Crippen molar-refractivity contribution in [2.24, 2.45) is 0 Å². The molecule has 0 spiro atoms. The Labute approximate surface area is 101 Å². The summed E-state index contributed by atoms with van der Waals surface area (Å²) in [6.07, 6.45) is 3.36. The Morgan fingerprint density at radius 3 is 3.00 bits per heavy atom. The first-order valence-corrected chi connectivity index (χ1v) is 5.55. The van der Waals surface area contributed by atoms with Crippen LogP contribution in [0.15, 0.2) is 35.1 Å². The van der Waals surface area contributed by atoms with Gasteiger partial charge in [-0.25, -0.2) is 9.37 Å². The summed E-state index contributed by atoms with van der Waals surface area (Å²) in [5, 5.41) is 9.04. The number of rotatable bonds is 3. The third-order valence-corrected chi connectivity index (χ3v) is 3.20. The number of aromatic nitrogens is 2. The van der Waals surface area contributed by atoms with Crippen molar-refractivity contribution >= 4 is 15.9 Å². The van der Waals surface area contributed by atoms with Crippen LogP contribution in [0.2, 0.25) is 0 Å². The number of aliphatic hydroxyl groups excluding tert-OH is 1. The van der Waals surface area contributed by atoms with Crippen LogP contribution in [0, 0.1) is 5.82 Å². The molecule has 0 unspecified atom stereocenters. The maximum absolute atomic E-state index is 13.3. The van der Waals surface area contributed by atoms with Gasteiger partial charge >= 0.3 is 0 Å². The predicted molar refractivity (Wildman–Crippen MR) is 61.4 cm³/mol. The van der Waals surface area contributed by atoms with Crippen LogP contribution in [-0.4, -0.2) is 14.7 Å². The molecular weight excluding hydrogens is 275 g/mol. The van der Waals surface area contributed by atoms with Crippen molar-refractivity contribution < 1.29 is 9.50 Å². The van der Waals surface area contributed by atoms with Crippen molar-refractivity contribution in [1.82, 2.24) is 9.55 Å². The fourth-order valence-electron chi connectivity index (χ4n) is 1.49. The fraction of sp³-hybridized carbons (Fsp3) is 0.182. The van der Waals surface area contributed by atoms with Gasteiger partial charge in [-0.1, -0.05) is 12.1 Å².